The van der Waals surface area contributed by atoms with Gasteiger partial charge in [0.05, 0.1) is 34.5 Å². The average Bonchev–Trinajstić information content (AvgIpc) is 3.94. The average molecular weight is 751 g/mol. The monoisotopic (exact) mass is 750 g/mol. The summed E-state index contributed by atoms with van der Waals surface area (Å²) < 4.78 is 12.9. The second-order valence-corrected chi connectivity index (χ2v) is 12.4. The molecule has 288 valence electrons. The highest BCUT2D eigenvalue weighted by atomic mass is 16.5. The summed E-state index contributed by atoms with van der Waals surface area (Å²) in [6, 6.07) is 11.6. The van der Waals surface area contributed by atoms with Crippen molar-refractivity contribution in [3.05, 3.63) is 88.5 Å². The first-order valence-electron chi connectivity index (χ1n) is 17.9. The molecule has 4 heterocycles. The van der Waals surface area contributed by atoms with Crippen LogP contribution >= 0.6 is 0 Å². The van der Waals surface area contributed by atoms with Crippen molar-refractivity contribution >= 4 is 58.0 Å². The maximum Gasteiger partial charge on any atom is 0.276 e. The number of benzene rings is 2. The normalized spacial score (nSPS) is 11.2. The van der Waals surface area contributed by atoms with Gasteiger partial charge >= 0.3 is 0 Å². The SMILES string of the molecule is CCCOc1cc(C=O)cc2nc(NC(=O)c3cc(C)nn3CC)n(C/C=C/Cn3c(NC(=O)c4cc(C)nn4CC)nc4cc(C(N)=O)ccc43)c12.CN. The van der Waals surface area contributed by atoms with Gasteiger partial charge in [-0.2, -0.15) is 10.2 Å². The van der Waals surface area contributed by atoms with Gasteiger partial charge in [-0.15, -0.1) is 0 Å². The van der Waals surface area contributed by atoms with Gasteiger partial charge in [-0.3, -0.25) is 39.2 Å². The highest BCUT2D eigenvalue weighted by Gasteiger charge is 2.22. The van der Waals surface area contributed by atoms with E-state index in [9.17, 15) is 19.2 Å². The molecular formula is C38H46N12O5. The predicted molar refractivity (Wildman–Crippen MR) is 210 cm³/mol. The molecule has 0 atom stereocenters. The molecule has 0 aliphatic carbocycles. The smallest absolute Gasteiger partial charge is 0.276 e. The Morgan fingerprint density at radius 2 is 1.35 bits per heavy atom. The van der Waals surface area contributed by atoms with Gasteiger partial charge in [-0.05, 0) is 83.6 Å². The molecule has 0 radical (unpaired) electrons. The number of nitrogens with one attached hydrogen (secondary N) is 2. The van der Waals surface area contributed by atoms with Crippen LogP contribution in [0.25, 0.3) is 22.1 Å². The van der Waals surface area contributed by atoms with Crippen molar-refractivity contribution in [2.45, 2.75) is 67.2 Å². The minimum Gasteiger partial charge on any atom is -0.491 e. The number of allylic oxidation sites excluding steroid dienone is 2. The van der Waals surface area contributed by atoms with Crippen molar-refractivity contribution in [2.75, 3.05) is 24.3 Å². The van der Waals surface area contributed by atoms with Gasteiger partial charge in [0.15, 0.2) is 0 Å². The lowest BCUT2D eigenvalue weighted by Crippen LogP contribution is -2.20. The van der Waals surface area contributed by atoms with E-state index in [0.717, 1.165) is 12.7 Å². The molecule has 6 rings (SSSR count). The largest absolute Gasteiger partial charge is 0.491 e. The number of nitrogens with two attached hydrogens (primary N) is 2. The molecule has 17 nitrogen and oxygen atoms in total. The molecule has 2 aromatic carbocycles. The standard InChI is InChI=1S/C37H41N11O5.CH5N/c1-6-15-53-31-19-24(21-49)18-27-32(31)46(37(40-27)42-35(52)30-17-23(5)44-48(30)8-3)14-10-9-13-45-28-12-11-25(33(38)50)20-26(28)39-36(45)41-34(51)29-16-22(4)43-47(29)7-2;1-2/h9-12,16-21H,6-8,13-15H2,1-5H3,(H2,38,50)(H,39,41,51)(H,40,42,52);2H2,1H3/b10-9+;. The first-order valence-corrected chi connectivity index (χ1v) is 17.9. The quantitative estimate of drug-likeness (QED) is 0.0851. The Labute approximate surface area is 317 Å². The molecule has 0 spiro atoms. The van der Waals surface area contributed by atoms with Gasteiger partial charge in [0.25, 0.3) is 11.8 Å². The van der Waals surface area contributed by atoms with Gasteiger partial charge in [-0.25, -0.2) is 9.97 Å². The van der Waals surface area contributed by atoms with Crippen LogP contribution in [0.5, 0.6) is 5.75 Å². The third-order valence-corrected chi connectivity index (χ3v) is 8.52. The molecule has 17 heteroatoms. The fraction of sp³-hybridized carbons (Fsp3) is 0.316. The zero-order valence-electron chi connectivity index (χ0n) is 31.8. The fourth-order valence-electron chi connectivity index (χ4n) is 6.11. The molecule has 0 aliphatic heterocycles. The Balaban J connectivity index is 0.00000285. The number of aldehydes is 1. The highest BCUT2D eigenvalue weighted by molar-refractivity contribution is 6.04. The third kappa shape index (κ3) is 8.46. The molecule has 0 saturated carbocycles. The predicted octanol–water partition coefficient (Wildman–Crippen LogP) is 4.47. The second-order valence-electron chi connectivity index (χ2n) is 12.4. The van der Waals surface area contributed by atoms with Crippen LogP contribution in [-0.4, -0.2) is 76.3 Å². The van der Waals surface area contributed by atoms with Crippen LogP contribution in [0, 0.1) is 13.8 Å². The third-order valence-electron chi connectivity index (χ3n) is 8.52. The van der Waals surface area contributed by atoms with Gasteiger partial charge in [-0.1, -0.05) is 19.1 Å². The van der Waals surface area contributed by atoms with Crippen LogP contribution in [-0.2, 0) is 26.2 Å². The maximum atomic E-state index is 13.6. The zero-order valence-corrected chi connectivity index (χ0v) is 31.8. The van der Waals surface area contributed by atoms with Gasteiger partial charge in [0, 0.05) is 37.3 Å². The Morgan fingerprint density at radius 3 is 1.89 bits per heavy atom. The van der Waals surface area contributed by atoms with Crippen LogP contribution in [0.1, 0.15) is 80.3 Å². The van der Waals surface area contributed by atoms with Crippen LogP contribution < -0.4 is 26.8 Å². The zero-order chi connectivity index (χ0) is 39.8. The van der Waals surface area contributed by atoms with Crippen LogP contribution in [0.15, 0.2) is 54.6 Å². The lowest BCUT2D eigenvalue weighted by molar-refractivity contribution is 0.0994. The highest BCUT2D eigenvalue weighted by Crippen LogP contribution is 2.31. The van der Waals surface area contributed by atoms with E-state index < -0.39 is 5.91 Å². The van der Waals surface area contributed by atoms with E-state index in [1.807, 2.05) is 55.9 Å². The summed E-state index contributed by atoms with van der Waals surface area (Å²) >= 11 is 0. The van der Waals surface area contributed by atoms with Gasteiger partial charge in [0.2, 0.25) is 17.8 Å². The summed E-state index contributed by atoms with van der Waals surface area (Å²) in [6.07, 6.45) is 5.25. The van der Waals surface area contributed by atoms with E-state index >= 15 is 0 Å². The number of primary amides is 1. The lowest BCUT2D eigenvalue weighted by atomic mass is 10.2. The van der Waals surface area contributed by atoms with E-state index in [4.69, 9.17) is 15.5 Å². The van der Waals surface area contributed by atoms with E-state index in [-0.39, 0.29) is 42.4 Å². The summed E-state index contributed by atoms with van der Waals surface area (Å²) in [5.41, 5.74) is 15.1. The number of aryl methyl sites for hydroxylation is 4. The summed E-state index contributed by atoms with van der Waals surface area (Å²) in [4.78, 5) is 60.1. The Kier molecular flexibility index (Phi) is 12.6. The van der Waals surface area contributed by atoms with E-state index in [1.54, 1.807) is 51.8 Å². The first kappa shape index (κ1) is 39.6. The summed E-state index contributed by atoms with van der Waals surface area (Å²) in [5.74, 6) is -0.398. The van der Waals surface area contributed by atoms with Crippen molar-refractivity contribution in [1.82, 2.24) is 38.7 Å². The molecule has 0 saturated heterocycles. The van der Waals surface area contributed by atoms with Gasteiger partial charge < -0.3 is 25.3 Å². The number of carbonyl (C=O) groups is 4. The molecule has 55 heavy (non-hydrogen) atoms. The van der Waals surface area contributed by atoms with E-state index in [2.05, 4.69) is 31.5 Å². The number of imidazole rings is 2. The Bertz CT molecular complexity index is 2400. The van der Waals surface area contributed by atoms with E-state index in [1.165, 1.54) is 7.05 Å². The Hall–Kier alpha value is -6.62. The minimum atomic E-state index is -0.596. The molecule has 3 amide bonds. The number of amides is 3. The number of nitrogens with zero attached hydrogens (tertiary/aromatic N) is 8. The first-order chi connectivity index (χ1) is 26.5. The van der Waals surface area contributed by atoms with Crippen molar-refractivity contribution in [3.8, 4) is 5.75 Å². The van der Waals surface area contributed by atoms with Crippen LogP contribution in [0.3, 0.4) is 0 Å². The Morgan fingerprint density at radius 1 is 0.782 bits per heavy atom. The number of carbonyl (C=O) groups excluding carboxylic acids is 4. The van der Waals surface area contributed by atoms with Crippen molar-refractivity contribution in [1.29, 1.82) is 0 Å². The van der Waals surface area contributed by atoms with Crippen LogP contribution in [0.4, 0.5) is 11.9 Å². The molecule has 6 aromatic rings. The van der Waals surface area contributed by atoms with Crippen molar-refractivity contribution < 1.29 is 23.9 Å². The molecule has 0 aliphatic rings. The van der Waals surface area contributed by atoms with Crippen molar-refractivity contribution in [2.24, 2.45) is 11.5 Å². The number of fused-ring (bicyclic) bond motifs is 2. The number of hydrogen-bond donors (Lipinski definition) is 4. The van der Waals surface area contributed by atoms with Crippen molar-refractivity contribution in [3.63, 3.8) is 0 Å². The maximum absolute atomic E-state index is 13.6. The molecule has 6 N–H and O–H groups in total. The number of hydrogen-bond acceptors (Lipinski definition) is 10. The second kappa shape index (κ2) is 17.5. The molecule has 0 bridgehead atoms. The summed E-state index contributed by atoms with van der Waals surface area (Å²) in [6.45, 7) is 11.4. The molecular weight excluding hydrogens is 704 g/mol. The number of ether oxygens (including phenoxy) is 1. The fourth-order valence-corrected chi connectivity index (χ4v) is 6.11. The number of aromatic nitrogens is 8. The minimum absolute atomic E-state index is 0.246. The topological polar surface area (TPSA) is 225 Å². The van der Waals surface area contributed by atoms with E-state index in [0.29, 0.717) is 75.9 Å². The lowest BCUT2D eigenvalue weighted by Gasteiger charge is -2.12. The summed E-state index contributed by atoms with van der Waals surface area (Å²) in [5, 5.41) is 14.6. The molecule has 4 aromatic heterocycles. The molecule has 0 fully saturated rings. The number of rotatable bonds is 15. The van der Waals surface area contributed by atoms with Gasteiger partial charge in [0.1, 0.15) is 28.9 Å². The molecule has 0 unspecified atom stereocenters. The summed E-state index contributed by atoms with van der Waals surface area (Å²) in [7, 11) is 1.50. The number of anilines is 2. The van der Waals surface area contributed by atoms with Crippen LogP contribution in [0.2, 0.25) is 0 Å².